The number of hydrogen-bond donors (Lipinski definition) is 0. The SMILES string of the molecule is CCOC(OCC)[SiH2]c1cc(C(F)(F)F)cc(C(F)(F)F)c1. The highest BCUT2D eigenvalue weighted by atomic mass is 28.2. The molecule has 0 atom stereocenters. The van der Waals surface area contributed by atoms with Gasteiger partial charge in [0.1, 0.15) is 15.4 Å². The number of halogens is 6. The van der Waals surface area contributed by atoms with Crippen molar-refractivity contribution in [3.05, 3.63) is 29.3 Å². The molecule has 0 radical (unpaired) electrons. The van der Waals surface area contributed by atoms with Crippen LogP contribution in [0.1, 0.15) is 25.0 Å². The fourth-order valence-corrected chi connectivity index (χ4v) is 3.63. The Morgan fingerprint density at radius 2 is 1.27 bits per heavy atom. The van der Waals surface area contributed by atoms with Crippen molar-refractivity contribution in [1.82, 2.24) is 0 Å². The monoisotopic (exact) mass is 346 g/mol. The highest BCUT2D eigenvalue weighted by Gasteiger charge is 2.37. The average Bonchev–Trinajstić information content (AvgIpc) is 2.37. The molecular weight excluding hydrogens is 330 g/mol. The minimum atomic E-state index is -4.84. The summed E-state index contributed by atoms with van der Waals surface area (Å²) in [5.74, 6) is -0.750. The third-order valence-electron chi connectivity index (χ3n) is 2.75. The summed E-state index contributed by atoms with van der Waals surface area (Å²) in [6.07, 6.45) is -9.67. The summed E-state index contributed by atoms with van der Waals surface area (Å²) in [6, 6.07) is 1.60. The second-order valence-corrected chi connectivity index (χ2v) is 6.35. The Morgan fingerprint density at radius 3 is 1.59 bits per heavy atom. The topological polar surface area (TPSA) is 18.5 Å². The molecule has 0 aromatic heterocycles. The Hall–Kier alpha value is -1.06. The minimum absolute atomic E-state index is 0.00551. The summed E-state index contributed by atoms with van der Waals surface area (Å²) in [5.41, 5.74) is -2.62. The molecule has 0 fully saturated rings. The van der Waals surface area contributed by atoms with E-state index in [9.17, 15) is 26.3 Å². The summed E-state index contributed by atoms with van der Waals surface area (Å²) in [7, 11) is -1.62. The first-order valence-corrected chi connectivity index (χ1v) is 8.11. The van der Waals surface area contributed by atoms with Crippen molar-refractivity contribution in [3.63, 3.8) is 0 Å². The predicted octanol–water partition coefficient (Wildman–Crippen LogP) is 2.87. The summed E-state index contributed by atoms with van der Waals surface area (Å²) >= 11 is 0. The molecule has 1 aromatic carbocycles. The van der Waals surface area contributed by atoms with Crippen molar-refractivity contribution in [2.45, 2.75) is 32.1 Å². The number of alkyl halides is 6. The number of hydrogen-bond acceptors (Lipinski definition) is 2. The van der Waals surface area contributed by atoms with Gasteiger partial charge in [-0.3, -0.25) is 0 Å². The molecule has 0 N–H and O–H groups in total. The van der Waals surface area contributed by atoms with Gasteiger partial charge in [-0.1, -0.05) is 17.3 Å². The van der Waals surface area contributed by atoms with Crippen molar-refractivity contribution >= 4 is 14.7 Å². The Labute approximate surface area is 126 Å². The van der Waals surface area contributed by atoms with E-state index < -0.39 is 38.9 Å². The van der Waals surface area contributed by atoms with Gasteiger partial charge in [-0.15, -0.1) is 0 Å². The minimum Gasteiger partial charge on any atom is -0.357 e. The van der Waals surface area contributed by atoms with E-state index in [0.29, 0.717) is 0 Å². The average molecular weight is 346 g/mol. The quantitative estimate of drug-likeness (QED) is 0.448. The summed E-state index contributed by atoms with van der Waals surface area (Å²) in [5, 5.41) is -0.00551. The van der Waals surface area contributed by atoms with Crippen LogP contribution < -0.4 is 5.19 Å². The fourth-order valence-electron chi connectivity index (χ4n) is 1.87. The first-order chi connectivity index (χ1) is 10.1. The highest BCUT2D eigenvalue weighted by molar-refractivity contribution is 6.54. The molecular formula is C13H16F6O2Si. The van der Waals surface area contributed by atoms with E-state index in [1.165, 1.54) is 0 Å². The first kappa shape index (κ1) is 19.0. The normalized spacial score (nSPS) is 13.5. The lowest BCUT2D eigenvalue weighted by Crippen LogP contribution is -2.34. The zero-order chi connectivity index (χ0) is 17.0. The lowest BCUT2D eigenvalue weighted by atomic mass is 10.1. The van der Waals surface area contributed by atoms with E-state index >= 15 is 0 Å². The van der Waals surface area contributed by atoms with Crippen LogP contribution in [0.5, 0.6) is 0 Å². The molecule has 0 aliphatic rings. The van der Waals surface area contributed by atoms with E-state index in [-0.39, 0.29) is 24.5 Å². The molecule has 0 bridgehead atoms. The smallest absolute Gasteiger partial charge is 0.357 e. The molecule has 0 aliphatic carbocycles. The predicted molar refractivity (Wildman–Crippen MR) is 71.7 cm³/mol. The maximum atomic E-state index is 12.8. The lowest BCUT2D eigenvalue weighted by molar-refractivity contribution is -0.143. The van der Waals surface area contributed by atoms with E-state index in [4.69, 9.17) is 9.47 Å². The van der Waals surface area contributed by atoms with Crippen molar-refractivity contribution in [3.8, 4) is 0 Å². The third-order valence-corrected chi connectivity index (χ3v) is 4.44. The van der Waals surface area contributed by atoms with Crippen molar-refractivity contribution in [2.24, 2.45) is 0 Å². The van der Waals surface area contributed by atoms with Crippen LogP contribution >= 0.6 is 0 Å². The fraction of sp³-hybridized carbons (Fsp3) is 0.538. The van der Waals surface area contributed by atoms with Crippen LogP contribution in [0.2, 0.25) is 0 Å². The molecule has 0 aliphatic heterocycles. The molecule has 0 amide bonds. The Kier molecular flexibility index (Phi) is 6.45. The zero-order valence-electron chi connectivity index (χ0n) is 12.0. The zero-order valence-corrected chi connectivity index (χ0v) is 13.4. The van der Waals surface area contributed by atoms with Gasteiger partial charge in [-0.05, 0) is 19.9 Å². The van der Waals surface area contributed by atoms with E-state index in [2.05, 4.69) is 0 Å². The molecule has 126 valence electrons. The van der Waals surface area contributed by atoms with Gasteiger partial charge in [0.25, 0.3) is 0 Å². The van der Waals surface area contributed by atoms with Crippen LogP contribution in [0, 0.1) is 0 Å². The third kappa shape index (κ3) is 5.62. The van der Waals surface area contributed by atoms with Crippen LogP contribution in [-0.4, -0.2) is 28.6 Å². The molecule has 0 spiro atoms. The largest absolute Gasteiger partial charge is 0.416 e. The second kappa shape index (κ2) is 7.47. The molecule has 1 rings (SSSR count). The van der Waals surface area contributed by atoms with Gasteiger partial charge >= 0.3 is 12.4 Å². The second-order valence-electron chi connectivity index (χ2n) is 4.46. The highest BCUT2D eigenvalue weighted by Crippen LogP contribution is 2.34. The van der Waals surface area contributed by atoms with Crippen LogP contribution in [0.15, 0.2) is 18.2 Å². The van der Waals surface area contributed by atoms with Gasteiger partial charge in [0.05, 0.1) is 11.1 Å². The Morgan fingerprint density at radius 1 is 0.864 bits per heavy atom. The summed E-state index contributed by atoms with van der Waals surface area (Å²) in [4.78, 5) is 0. The van der Waals surface area contributed by atoms with Gasteiger partial charge < -0.3 is 9.47 Å². The van der Waals surface area contributed by atoms with Gasteiger partial charge in [-0.25, -0.2) is 0 Å². The lowest BCUT2D eigenvalue weighted by Gasteiger charge is -2.19. The van der Waals surface area contributed by atoms with Gasteiger partial charge in [0, 0.05) is 13.2 Å². The van der Waals surface area contributed by atoms with Crippen LogP contribution in [0.3, 0.4) is 0 Å². The molecule has 0 heterocycles. The van der Waals surface area contributed by atoms with E-state index in [1.54, 1.807) is 13.8 Å². The van der Waals surface area contributed by atoms with Crippen molar-refractivity contribution in [2.75, 3.05) is 13.2 Å². The number of rotatable bonds is 6. The van der Waals surface area contributed by atoms with Crippen molar-refractivity contribution < 1.29 is 35.8 Å². The molecule has 1 aromatic rings. The molecule has 2 nitrogen and oxygen atoms in total. The molecule has 0 saturated heterocycles. The van der Waals surface area contributed by atoms with Gasteiger partial charge in [-0.2, -0.15) is 26.3 Å². The van der Waals surface area contributed by atoms with Crippen LogP contribution in [0.25, 0.3) is 0 Å². The van der Waals surface area contributed by atoms with Crippen molar-refractivity contribution in [1.29, 1.82) is 0 Å². The van der Waals surface area contributed by atoms with Crippen LogP contribution in [0.4, 0.5) is 26.3 Å². The van der Waals surface area contributed by atoms with Gasteiger partial charge in [0.15, 0.2) is 0 Å². The summed E-state index contributed by atoms with van der Waals surface area (Å²) < 4.78 is 87.0. The maximum Gasteiger partial charge on any atom is 0.416 e. The van der Waals surface area contributed by atoms with E-state index in [0.717, 1.165) is 12.1 Å². The molecule has 9 heteroatoms. The Bertz CT molecular complexity index is 448. The van der Waals surface area contributed by atoms with Crippen LogP contribution in [-0.2, 0) is 21.8 Å². The number of ether oxygens (including phenoxy) is 2. The standard InChI is InChI=1S/C13H16F6O2Si/c1-3-20-11(21-4-2)22-10-6-8(12(14,15)16)5-9(7-10)13(17,18)19/h5-7,11H,3-4,22H2,1-2H3. The Balaban J connectivity index is 3.17. The molecule has 0 unspecified atom stereocenters. The van der Waals surface area contributed by atoms with Gasteiger partial charge in [0.2, 0.25) is 0 Å². The number of benzene rings is 1. The molecule has 0 saturated carbocycles. The first-order valence-electron chi connectivity index (χ1n) is 6.59. The van der Waals surface area contributed by atoms with E-state index in [1.807, 2.05) is 0 Å². The maximum absolute atomic E-state index is 12.8. The molecule has 22 heavy (non-hydrogen) atoms. The summed E-state index contributed by atoms with van der Waals surface area (Å²) in [6.45, 7) is 3.88.